The summed E-state index contributed by atoms with van der Waals surface area (Å²) in [5, 5.41) is 9.78. The molecule has 0 bridgehead atoms. The number of carbonyl (C=O) groups excluding carboxylic acids is 1. The van der Waals surface area contributed by atoms with Gasteiger partial charge in [0.05, 0.1) is 6.10 Å². The number of amides is 1. The molecule has 4 heteroatoms. The second kappa shape index (κ2) is 6.02. The van der Waals surface area contributed by atoms with Crippen molar-refractivity contribution in [1.29, 1.82) is 0 Å². The van der Waals surface area contributed by atoms with E-state index in [1.54, 1.807) is 0 Å². The molecule has 1 saturated carbocycles. The maximum absolute atomic E-state index is 12.3. The zero-order valence-corrected chi connectivity index (χ0v) is 11.6. The number of nitrogens with zero attached hydrogens (tertiary/aromatic N) is 2. The summed E-state index contributed by atoms with van der Waals surface area (Å²) >= 11 is 0. The van der Waals surface area contributed by atoms with Crippen molar-refractivity contribution in [1.82, 2.24) is 9.80 Å². The molecule has 2 aliphatic rings. The van der Waals surface area contributed by atoms with E-state index in [4.69, 9.17) is 0 Å². The van der Waals surface area contributed by atoms with Crippen LogP contribution in [0.4, 0.5) is 0 Å². The van der Waals surface area contributed by atoms with Gasteiger partial charge in [0.25, 0.3) is 0 Å². The minimum absolute atomic E-state index is 0.198. The molecule has 1 amide bonds. The van der Waals surface area contributed by atoms with Gasteiger partial charge in [-0.05, 0) is 39.3 Å². The first kappa shape index (κ1) is 13.8. The highest BCUT2D eigenvalue weighted by Crippen LogP contribution is 2.29. The van der Waals surface area contributed by atoms with Crippen molar-refractivity contribution in [2.45, 2.75) is 50.7 Å². The van der Waals surface area contributed by atoms with Crippen LogP contribution in [0.15, 0.2) is 0 Å². The molecule has 0 radical (unpaired) electrons. The van der Waals surface area contributed by atoms with E-state index in [-0.39, 0.29) is 18.1 Å². The lowest BCUT2D eigenvalue weighted by molar-refractivity contribution is -0.133. The summed E-state index contributed by atoms with van der Waals surface area (Å²) in [5.41, 5.74) is 0. The van der Waals surface area contributed by atoms with Gasteiger partial charge in [0.2, 0.25) is 5.91 Å². The number of aliphatic hydroxyl groups excluding tert-OH is 1. The molecule has 1 heterocycles. The van der Waals surface area contributed by atoms with Gasteiger partial charge in [-0.1, -0.05) is 12.8 Å². The van der Waals surface area contributed by atoms with E-state index in [0.29, 0.717) is 18.9 Å². The van der Waals surface area contributed by atoms with Crippen LogP contribution in [0.1, 0.15) is 38.5 Å². The van der Waals surface area contributed by atoms with Gasteiger partial charge in [-0.15, -0.1) is 0 Å². The van der Waals surface area contributed by atoms with Crippen molar-refractivity contribution >= 4 is 5.91 Å². The first-order valence-corrected chi connectivity index (χ1v) is 7.18. The van der Waals surface area contributed by atoms with Gasteiger partial charge in [-0.2, -0.15) is 0 Å². The molecule has 4 nitrogen and oxygen atoms in total. The largest absolute Gasteiger partial charge is 0.391 e. The highest BCUT2D eigenvalue weighted by molar-refractivity contribution is 5.77. The maximum Gasteiger partial charge on any atom is 0.223 e. The predicted molar refractivity (Wildman–Crippen MR) is 71.3 cm³/mol. The zero-order chi connectivity index (χ0) is 13.1. The molecule has 104 valence electrons. The van der Waals surface area contributed by atoms with Crippen LogP contribution < -0.4 is 0 Å². The molecule has 0 aromatic heterocycles. The maximum atomic E-state index is 12.3. The fourth-order valence-corrected chi connectivity index (χ4v) is 3.37. The second-order valence-electron chi connectivity index (χ2n) is 6.21. The smallest absolute Gasteiger partial charge is 0.223 e. The lowest BCUT2D eigenvalue weighted by Gasteiger charge is -2.27. The average Bonchev–Trinajstić information content (AvgIpc) is 2.87. The first-order valence-electron chi connectivity index (χ1n) is 7.18. The van der Waals surface area contributed by atoms with Crippen LogP contribution in [0.2, 0.25) is 0 Å². The van der Waals surface area contributed by atoms with Crippen LogP contribution >= 0.6 is 0 Å². The number of hydrogen-bond donors (Lipinski definition) is 1. The molecule has 1 saturated heterocycles. The van der Waals surface area contributed by atoms with Crippen molar-refractivity contribution in [2.24, 2.45) is 5.92 Å². The van der Waals surface area contributed by atoms with Crippen LogP contribution in [0, 0.1) is 5.92 Å². The average molecular weight is 254 g/mol. The summed E-state index contributed by atoms with van der Waals surface area (Å²) in [4.78, 5) is 16.4. The van der Waals surface area contributed by atoms with Crippen molar-refractivity contribution in [3.05, 3.63) is 0 Å². The number of rotatable bonds is 4. The molecule has 0 aromatic rings. The summed E-state index contributed by atoms with van der Waals surface area (Å²) in [5.74, 6) is 0.848. The van der Waals surface area contributed by atoms with Crippen LogP contribution in [-0.2, 0) is 4.79 Å². The summed E-state index contributed by atoms with van der Waals surface area (Å²) in [6, 6.07) is 0.198. The number of hydrogen-bond acceptors (Lipinski definition) is 3. The van der Waals surface area contributed by atoms with Crippen LogP contribution in [0.25, 0.3) is 0 Å². The number of carbonyl (C=O) groups is 1. The summed E-state index contributed by atoms with van der Waals surface area (Å²) < 4.78 is 0. The Bertz CT molecular complexity index is 288. The minimum atomic E-state index is -0.331. The topological polar surface area (TPSA) is 43.8 Å². The van der Waals surface area contributed by atoms with Gasteiger partial charge >= 0.3 is 0 Å². The van der Waals surface area contributed by atoms with Gasteiger partial charge < -0.3 is 14.9 Å². The normalized spacial score (nSPS) is 29.4. The van der Waals surface area contributed by atoms with Gasteiger partial charge in [0.15, 0.2) is 0 Å². The Morgan fingerprint density at radius 3 is 2.61 bits per heavy atom. The van der Waals surface area contributed by atoms with E-state index in [2.05, 4.69) is 4.90 Å². The monoisotopic (exact) mass is 254 g/mol. The van der Waals surface area contributed by atoms with E-state index in [0.717, 1.165) is 13.0 Å². The van der Waals surface area contributed by atoms with Gasteiger partial charge in [0, 0.05) is 25.6 Å². The summed E-state index contributed by atoms with van der Waals surface area (Å²) in [7, 11) is 4.04. The lowest BCUT2D eigenvalue weighted by Crippen LogP contribution is -2.41. The Balaban J connectivity index is 1.89. The molecule has 1 aliphatic heterocycles. The Morgan fingerprint density at radius 2 is 2.00 bits per heavy atom. The minimum Gasteiger partial charge on any atom is -0.391 e. The van der Waals surface area contributed by atoms with Crippen molar-refractivity contribution in [3.63, 3.8) is 0 Å². The number of β-amino-alcohol motifs (C(OH)–C–C–N with tert-alkyl or cyclic N) is 1. The third-order valence-corrected chi connectivity index (χ3v) is 4.23. The molecule has 2 fully saturated rings. The summed E-state index contributed by atoms with van der Waals surface area (Å²) in [6.45, 7) is 1.39. The van der Waals surface area contributed by atoms with Crippen molar-refractivity contribution < 1.29 is 9.90 Å². The molecule has 0 aromatic carbocycles. The Morgan fingerprint density at radius 1 is 1.33 bits per heavy atom. The highest BCUT2D eigenvalue weighted by Gasteiger charge is 2.35. The van der Waals surface area contributed by atoms with E-state index < -0.39 is 0 Å². The molecule has 0 spiro atoms. The molecule has 1 N–H and O–H groups in total. The van der Waals surface area contributed by atoms with E-state index in [1.807, 2.05) is 19.0 Å². The quantitative estimate of drug-likeness (QED) is 0.817. The van der Waals surface area contributed by atoms with Crippen molar-refractivity contribution in [3.8, 4) is 0 Å². The third kappa shape index (κ3) is 3.45. The lowest BCUT2D eigenvalue weighted by atomic mass is 10.0. The van der Waals surface area contributed by atoms with Gasteiger partial charge in [-0.25, -0.2) is 0 Å². The second-order valence-corrected chi connectivity index (χ2v) is 6.21. The Kier molecular flexibility index (Phi) is 4.62. The highest BCUT2D eigenvalue weighted by atomic mass is 16.3. The van der Waals surface area contributed by atoms with Crippen LogP contribution in [0.5, 0.6) is 0 Å². The molecule has 2 rings (SSSR count). The number of aliphatic hydroxyl groups is 1. The summed E-state index contributed by atoms with van der Waals surface area (Å²) in [6.07, 6.45) is 6.07. The number of likely N-dealkylation sites (N-methyl/N-ethyl adjacent to an activating group) is 1. The molecular weight excluding hydrogens is 228 g/mol. The predicted octanol–water partition coefficient (Wildman–Crippen LogP) is 1.09. The van der Waals surface area contributed by atoms with E-state index >= 15 is 0 Å². The van der Waals surface area contributed by atoms with E-state index in [9.17, 15) is 9.90 Å². The van der Waals surface area contributed by atoms with Crippen LogP contribution in [0.3, 0.4) is 0 Å². The molecule has 1 aliphatic carbocycles. The zero-order valence-electron chi connectivity index (χ0n) is 11.6. The van der Waals surface area contributed by atoms with E-state index in [1.165, 1.54) is 25.7 Å². The third-order valence-electron chi connectivity index (χ3n) is 4.23. The van der Waals surface area contributed by atoms with Gasteiger partial charge in [-0.3, -0.25) is 4.79 Å². The fraction of sp³-hybridized carbons (Fsp3) is 0.929. The SMILES string of the molecule is CN(C)CC1CC(O)CN1C(=O)CC1CCCC1. The Labute approximate surface area is 110 Å². The first-order chi connectivity index (χ1) is 8.56. The van der Waals surface area contributed by atoms with Gasteiger partial charge in [0.1, 0.15) is 0 Å². The number of likely N-dealkylation sites (tertiary alicyclic amines) is 1. The standard InChI is InChI=1S/C14H26N2O2/c1-15(2)9-12-8-13(17)10-16(12)14(18)7-11-5-3-4-6-11/h11-13,17H,3-10H2,1-2H3. The molecule has 2 atom stereocenters. The Hall–Kier alpha value is -0.610. The van der Waals surface area contributed by atoms with Crippen molar-refractivity contribution in [2.75, 3.05) is 27.2 Å². The fourth-order valence-electron chi connectivity index (χ4n) is 3.37. The molecular formula is C14H26N2O2. The molecule has 18 heavy (non-hydrogen) atoms. The molecule has 2 unspecified atom stereocenters. The van der Waals surface area contributed by atoms with Crippen LogP contribution in [-0.4, -0.2) is 60.1 Å².